The molecule has 6 aromatic carbocycles. The molecule has 8 aromatic rings. The standard InChI is InChI=1S/C23H18N2.C23H17N2.9CO.ClH.2Re/c2*1-3-9-20(10-4-1)25(21-11-5-2-6-12-21)22-16-14-19(15-17-22)23-13-7-8-18-24-23;9*1-2;;;/h1-18H;1-14,16-18H;;;;;;;;;;1H;;/q;-1;;;;;;;;;;;;+1/p-1. The Morgan fingerprint density at radius 2 is 0.592 bits per heavy atom. The smallest absolute Gasteiger partial charge is 0.0701 e. The minimum atomic E-state index is 0. The van der Waals surface area contributed by atoms with Crippen molar-refractivity contribution >= 4 is 43.7 Å². The van der Waals surface area contributed by atoms with Crippen LogP contribution < -0.4 is 9.80 Å². The molecular formula is C55H35ClN4O9Re2-. The van der Waals surface area contributed by atoms with E-state index in [1.807, 2.05) is 72.9 Å². The molecule has 16 heteroatoms. The largest absolute Gasteiger partial charge is 0.352 e. The van der Waals surface area contributed by atoms with Crippen LogP contribution in [-0.4, -0.2) is 9.97 Å². The SMILES string of the molecule is [C-]#[O+].[C-]#[O+].[C-]#[O+].[C-]#[O+].[C-]#[O+].[C-]#[O+].[C-]#[O+].[C-]#[O+].[C-]#[O+].[Cl][Re].[Re].[c-]1cc(N(c2ccccc2)c2ccccc2)ccc1-c1ccccn1.c1ccc(N(c2ccccc2)c2ccc(-c3ccccn3)cc2)cc1. The van der Waals surface area contributed by atoms with E-state index in [1.54, 1.807) is 6.20 Å². The summed E-state index contributed by atoms with van der Waals surface area (Å²) in [5, 5.41) is 0. The van der Waals surface area contributed by atoms with E-state index >= 15 is 0 Å². The molecule has 0 aliphatic carbocycles. The van der Waals surface area contributed by atoms with Gasteiger partial charge in [-0.3, -0.25) is 4.98 Å². The Labute approximate surface area is 442 Å². The van der Waals surface area contributed by atoms with Crippen LogP contribution >= 0.6 is 9.53 Å². The molecule has 1 radical (unpaired) electrons. The topological polar surface area (TPSA) is 211 Å². The minimum Gasteiger partial charge on any atom is -0.352 e. The molecule has 0 N–H and O–H groups in total. The fourth-order valence-corrected chi connectivity index (χ4v) is 5.75. The summed E-state index contributed by atoms with van der Waals surface area (Å²) in [6.07, 6.45) is 3.63. The first-order chi connectivity index (χ1) is 34.8. The van der Waals surface area contributed by atoms with Crippen molar-refractivity contribution in [2.45, 2.75) is 0 Å². The second-order valence-electron chi connectivity index (χ2n) is 11.5. The number of rotatable bonds is 8. The summed E-state index contributed by atoms with van der Waals surface area (Å²) in [6.45, 7) is 40.5. The van der Waals surface area contributed by atoms with E-state index in [-0.39, 0.29) is 20.4 Å². The van der Waals surface area contributed by atoms with Crippen molar-refractivity contribution in [3.05, 3.63) is 279 Å². The van der Waals surface area contributed by atoms with Crippen molar-refractivity contribution in [1.82, 2.24) is 9.97 Å². The van der Waals surface area contributed by atoms with E-state index in [4.69, 9.17) is 51.4 Å². The minimum absolute atomic E-state index is 0. The fourth-order valence-electron chi connectivity index (χ4n) is 5.75. The van der Waals surface area contributed by atoms with Crippen molar-refractivity contribution < 1.29 is 80.5 Å². The van der Waals surface area contributed by atoms with Crippen molar-refractivity contribution in [3.63, 3.8) is 0 Å². The molecule has 0 bridgehead atoms. The maximum atomic E-state index is 7.50. The average molecular weight is 1300 g/mol. The third-order valence-corrected chi connectivity index (χ3v) is 8.14. The second kappa shape index (κ2) is 53.4. The number of anilines is 6. The Bertz CT molecular complexity index is 2330. The van der Waals surface area contributed by atoms with Gasteiger partial charge < -0.3 is 14.8 Å². The van der Waals surface area contributed by atoms with E-state index in [2.05, 4.69) is 219 Å². The zero-order valence-electron chi connectivity index (χ0n) is 36.8. The number of aromatic nitrogens is 2. The zero-order valence-corrected chi connectivity index (χ0v) is 43.0. The summed E-state index contributed by atoms with van der Waals surface area (Å²) in [4.78, 5) is 13.3. The summed E-state index contributed by atoms with van der Waals surface area (Å²) >= 11 is 1.19. The molecule has 2 heterocycles. The first-order valence-electron chi connectivity index (χ1n) is 18.6. The van der Waals surface area contributed by atoms with Crippen molar-refractivity contribution in [2.24, 2.45) is 0 Å². The van der Waals surface area contributed by atoms with Gasteiger partial charge in [0.05, 0.1) is 5.69 Å². The van der Waals surface area contributed by atoms with Gasteiger partial charge in [-0.15, -0.1) is 29.8 Å². The van der Waals surface area contributed by atoms with E-state index in [0.29, 0.717) is 0 Å². The number of hydrogen-bond acceptors (Lipinski definition) is 4. The van der Waals surface area contributed by atoms with Gasteiger partial charge in [0.25, 0.3) is 0 Å². The molecule has 0 unspecified atom stereocenters. The molecule has 0 saturated carbocycles. The number of halogens is 1. The predicted molar refractivity (Wildman–Crippen MR) is 249 cm³/mol. The molecule has 71 heavy (non-hydrogen) atoms. The average Bonchev–Trinajstić information content (AvgIpc) is 3.50. The first-order valence-corrected chi connectivity index (χ1v) is 21.9. The van der Waals surface area contributed by atoms with Crippen LogP contribution in [0, 0.1) is 65.9 Å². The van der Waals surface area contributed by atoms with Gasteiger partial charge in [0.1, 0.15) is 0 Å². The van der Waals surface area contributed by atoms with E-state index in [0.717, 1.165) is 56.6 Å². The van der Waals surface area contributed by atoms with Crippen molar-refractivity contribution in [3.8, 4) is 22.5 Å². The van der Waals surface area contributed by atoms with Gasteiger partial charge >= 0.3 is 129 Å². The summed E-state index contributed by atoms with van der Waals surface area (Å²) in [6, 6.07) is 71.5. The molecule has 0 spiro atoms. The molecular weight excluding hydrogens is 1270 g/mol. The second-order valence-corrected chi connectivity index (χ2v) is 11.5. The van der Waals surface area contributed by atoms with Crippen molar-refractivity contribution in [2.75, 3.05) is 9.80 Å². The van der Waals surface area contributed by atoms with Crippen LogP contribution in [0.15, 0.2) is 213 Å². The van der Waals surface area contributed by atoms with Gasteiger partial charge in [0, 0.05) is 66.8 Å². The molecule has 351 valence electrons. The normalized spacial score (nSPS) is 7.66. The van der Waals surface area contributed by atoms with Gasteiger partial charge in [0.2, 0.25) is 0 Å². The van der Waals surface area contributed by atoms with Crippen LogP contribution in [0.4, 0.5) is 34.1 Å². The molecule has 0 fully saturated rings. The Balaban J connectivity index is -0.000000300. The Kier molecular flexibility index (Phi) is 54.6. The number of benzene rings is 6. The van der Waals surface area contributed by atoms with Crippen LogP contribution in [0.3, 0.4) is 0 Å². The quantitative estimate of drug-likeness (QED) is 0.107. The predicted octanol–water partition coefficient (Wildman–Crippen LogP) is 12.6. The maximum Gasteiger partial charge on any atom is 0.0701 e. The fraction of sp³-hybridized carbons (Fsp3) is 0. The molecule has 0 aliphatic rings. The van der Waals surface area contributed by atoms with Gasteiger partial charge in [-0.2, -0.15) is 0 Å². The number of pyridine rings is 2. The van der Waals surface area contributed by atoms with Gasteiger partial charge in [-0.05, 0) is 90.2 Å². The molecule has 2 aromatic heterocycles. The first kappa shape index (κ1) is 72.5. The van der Waals surface area contributed by atoms with E-state index < -0.39 is 0 Å². The van der Waals surface area contributed by atoms with Crippen LogP contribution in [0.2, 0.25) is 0 Å². The molecule has 0 aliphatic heterocycles. The third-order valence-electron chi connectivity index (χ3n) is 8.14. The van der Waals surface area contributed by atoms with Gasteiger partial charge in [0.15, 0.2) is 0 Å². The Morgan fingerprint density at radius 3 is 0.873 bits per heavy atom. The van der Waals surface area contributed by atoms with E-state index in [1.165, 1.54) is 18.2 Å². The Hall–Kier alpha value is -7.51. The van der Waals surface area contributed by atoms with Crippen LogP contribution in [0.1, 0.15) is 0 Å². The monoisotopic (exact) mass is 1300 g/mol. The van der Waals surface area contributed by atoms with E-state index in [9.17, 15) is 0 Å². The molecule has 8 rings (SSSR count). The Morgan fingerprint density at radius 1 is 0.324 bits per heavy atom. The number of para-hydroxylation sites is 4. The van der Waals surface area contributed by atoms with Gasteiger partial charge in [-0.1, -0.05) is 103 Å². The maximum absolute atomic E-state index is 7.50. The summed E-state index contributed by atoms with van der Waals surface area (Å²) < 4.78 is 67.5. The van der Waals surface area contributed by atoms with Crippen LogP contribution in [-0.2, 0) is 80.5 Å². The summed E-state index contributed by atoms with van der Waals surface area (Å²) in [7, 11) is 4.69. The number of hydrogen-bond donors (Lipinski definition) is 0. The molecule has 0 atom stereocenters. The molecule has 0 saturated heterocycles. The summed E-state index contributed by atoms with van der Waals surface area (Å²) in [5.74, 6) is 0. The van der Waals surface area contributed by atoms with Crippen LogP contribution in [0.25, 0.3) is 22.5 Å². The van der Waals surface area contributed by atoms with Gasteiger partial charge in [-0.25, -0.2) is 0 Å². The zero-order chi connectivity index (χ0) is 53.8. The van der Waals surface area contributed by atoms with Crippen molar-refractivity contribution in [1.29, 1.82) is 0 Å². The van der Waals surface area contributed by atoms with Crippen LogP contribution in [0.5, 0.6) is 0 Å². The number of nitrogens with zero attached hydrogens (tertiary/aromatic N) is 4. The third kappa shape index (κ3) is 26.7. The molecule has 0 amide bonds. The summed E-state index contributed by atoms with van der Waals surface area (Å²) in [5.41, 5.74) is 10.7. The molecule has 13 nitrogen and oxygen atoms in total.